The van der Waals surface area contributed by atoms with Crippen LogP contribution in [-0.4, -0.2) is 0 Å². The maximum Gasteiger partial charge on any atom is 0.212 e. The molecule has 3 nitrogen and oxygen atoms in total. The van der Waals surface area contributed by atoms with Crippen LogP contribution in [0.5, 0.6) is 0 Å². The lowest BCUT2D eigenvalue weighted by atomic mass is 10.0. The normalized spacial score (nSPS) is 11.7. The fraction of sp³-hybridized carbons (Fsp3) is 0.444. The van der Waals surface area contributed by atoms with Gasteiger partial charge >= 0.3 is 0 Å². The summed E-state index contributed by atoms with van der Waals surface area (Å²) in [5.74, 6) is 0. The van der Waals surface area contributed by atoms with Gasteiger partial charge in [-0.05, 0) is 26.3 Å². The van der Waals surface area contributed by atoms with Crippen LogP contribution in [0.15, 0.2) is 18.3 Å². The minimum Gasteiger partial charge on any atom is -0.618 e. The van der Waals surface area contributed by atoms with Gasteiger partial charge in [-0.3, -0.25) is 0 Å². The Morgan fingerprint density at radius 3 is 2.50 bits per heavy atom. The van der Waals surface area contributed by atoms with Gasteiger partial charge in [0.25, 0.3) is 0 Å². The summed E-state index contributed by atoms with van der Waals surface area (Å²) in [6.07, 6.45) is 1.49. The SMILES string of the molecule is Cc1cc[n+]([O-])c(C(C)(C)N)c1. The third-order valence-electron chi connectivity index (χ3n) is 1.73. The highest BCUT2D eigenvalue weighted by molar-refractivity contribution is 5.15. The molecule has 0 aromatic carbocycles. The second kappa shape index (κ2) is 2.75. The Bertz CT molecular complexity index is 289. The Kier molecular flexibility index (Phi) is 2.06. The van der Waals surface area contributed by atoms with E-state index >= 15 is 0 Å². The monoisotopic (exact) mass is 166 g/mol. The molecule has 0 fully saturated rings. The van der Waals surface area contributed by atoms with Gasteiger partial charge in [0.05, 0.1) is 5.54 Å². The summed E-state index contributed by atoms with van der Waals surface area (Å²) in [6, 6.07) is 3.58. The molecule has 3 heteroatoms. The van der Waals surface area contributed by atoms with Crippen LogP contribution in [0.3, 0.4) is 0 Å². The number of rotatable bonds is 1. The summed E-state index contributed by atoms with van der Waals surface area (Å²) in [5, 5.41) is 11.3. The number of hydrogen-bond donors (Lipinski definition) is 1. The molecule has 1 heterocycles. The molecular weight excluding hydrogens is 152 g/mol. The summed E-state index contributed by atoms with van der Waals surface area (Å²) in [6.45, 7) is 5.57. The van der Waals surface area contributed by atoms with Gasteiger partial charge in [-0.25, -0.2) is 0 Å². The predicted molar refractivity (Wildman–Crippen MR) is 47.4 cm³/mol. The Labute approximate surface area is 72.4 Å². The number of nitrogens with two attached hydrogens (primary N) is 1. The molecule has 66 valence electrons. The van der Waals surface area contributed by atoms with Crippen LogP contribution < -0.4 is 10.5 Å². The Morgan fingerprint density at radius 1 is 1.50 bits per heavy atom. The van der Waals surface area contributed by atoms with Gasteiger partial charge in [0.15, 0.2) is 6.20 Å². The molecule has 0 atom stereocenters. The lowest BCUT2D eigenvalue weighted by Crippen LogP contribution is -2.43. The lowest BCUT2D eigenvalue weighted by Gasteiger charge is -2.17. The topological polar surface area (TPSA) is 53.0 Å². The molecule has 0 radical (unpaired) electrons. The van der Waals surface area contributed by atoms with Crippen molar-refractivity contribution in [1.82, 2.24) is 0 Å². The second-order valence-electron chi connectivity index (χ2n) is 3.64. The Balaban J connectivity index is 3.23. The van der Waals surface area contributed by atoms with E-state index in [4.69, 9.17) is 5.73 Å². The third-order valence-corrected chi connectivity index (χ3v) is 1.73. The van der Waals surface area contributed by atoms with Gasteiger partial charge in [0.1, 0.15) is 0 Å². The molecule has 0 aliphatic heterocycles. The first-order chi connectivity index (χ1) is 5.41. The van der Waals surface area contributed by atoms with Gasteiger partial charge in [-0.2, -0.15) is 4.73 Å². The smallest absolute Gasteiger partial charge is 0.212 e. The molecule has 12 heavy (non-hydrogen) atoms. The summed E-state index contributed by atoms with van der Waals surface area (Å²) in [4.78, 5) is 0. The van der Waals surface area contributed by atoms with Gasteiger partial charge in [0.2, 0.25) is 5.69 Å². The highest BCUT2D eigenvalue weighted by Gasteiger charge is 2.23. The van der Waals surface area contributed by atoms with E-state index in [0.717, 1.165) is 10.3 Å². The molecule has 0 unspecified atom stereocenters. The average Bonchev–Trinajstić information content (AvgIpc) is 1.92. The maximum absolute atomic E-state index is 11.3. The lowest BCUT2D eigenvalue weighted by molar-refractivity contribution is -0.618. The van der Waals surface area contributed by atoms with E-state index < -0.39 is 5.54 Å². The van der Waals surface area contributed by atoms with Gasteiger partial charge in [-0.15, -0.1) is 0 Å². The Morgan fingerprint density at radius 2 is 2.08 bits per heavy atom. The van der Waals surface area contributed by atoms with Crippen molar-refractivity contribution in [3.05, 3.63) is 34.8 Å². The van der Waals surface area contributed by atoms with Crippen LogP contribution in [-0.2, 0) is 5.54 Å². The van der Waals surface area contributed by atoms with Crippen molar-refractivity contribution in [1.29, 1.82) is 0 Å². The molecular formula is C9H14N2O. The zero-order valence-corrected chi connectivity index (χ0v) is 7.66. The first-order valence-electron chi connectivity index (χ1n) is 3.90. The van der Waals surface area contributed by atoms with Crippen molar-refractivity contribution in [3.8, 4) is 0 Å². The van der Waals surface area contributed by atoms with Crippen LogP contribution >= 0.6 is 0 Å². The molecule has 0 saturated heterocycles. The van der Waals surface area contributed by atoms with E-state index in [1.54, 1.807) is 6.07 Å². The molecule has 2 N–H and O–H groups in total. The molecule has 1 rings (SSSR count). The van der Waals surface area contributed by atoms with E-state index in [0.29, 0.717) is 5.69 Å². The van der Waals surface area contributed by atoms with Crippen molar-refractivity contribution in [2.24, 2.45) is 5.73 Å². The second-order valence-corrected chi connectivity index (χ2v) is 3.64. The third kappa shape index (κ3) is 1.74. The van der Waals surface area contributed by atoms with Crippen LogP contribution in [0.25, 0.3) is 0 Å². The van der Waals surface area contributed by atoms with Crippen LogP contribution in [0, 0.1) is 12.1 Å². The summed E-state index contributed by atoms with van der Waals surface area (Å²) >= 11 is 0. The maximum atomic E-state index is 11.3. The number of aryl methyl sites for hydroxylation is 1. The largest absolute Gasteiger partial charge is 0.618 e. The molecule has 0 bridgehead atoms. The first-order valence-corrected chi connectivity index (χ1v) is 3.90. The van der Waals surface area contributed by atoms with Crippen molar-refractivity contribution in [2.45, 2.75) is 26.3 Å². The number of nitrogens with zero attached hydrogens (tertiary/aromatic N) is 1. The minimum atomic E-state index is -0.576. The molecule has 0 aliphatic rings. The number of pyridine rings is 1. The van der Waals surface area contributed by atoms with Crippen LogP contribution in [0.4, 0.5) is 0 Å². The van der Waals surface area contributed by atoms with E-state index in [1.165, 1.54) is 6.20 Å². The molecule has 1 aromatic heterocycles. The zero-order valence-electron chi connectivity index (χ0n) is 7.66. The minimum absolute atomic E-state index is 0.576. The van der Waals surface area contributed by atoms with E-state index in [2.05, 4.69) is 0 Å². The first kappa shape index (κ1) is 9.00. The van der Waals surface area contributed by atoms with E-state index in [-0.39, 0.29) is 0 Å². The predicted octanol–water partition coefficient (Wildman–Crippen LogP) is 0.822. The standard InChI is InChI=1S/C9H14N2O/c1-7-4-5-11(12)8(6-7)9(2,3)10/h4-6H,10H2,1-3H3. The van der Waals surface area contributed by atoms with Crippen LogP contribution in [0.2, 0.25) is 0 Å². The summed E-state index contributed by atoms with van der Waals surface area (Å²) in [7, 11) is 0. The quantitative estimate of drug-likeness (QED) is 0.496. The molecule has 0 spiro atoms. The van der Waals surface area contributed by atoms with Crippen LogP contribution in [0.1, 0.15) is 25.1 Å². The van der Waals surface area contributed by atoms with Gasteiger partial charge < -0.3 is 10.9 Å². The molecule has 0 amide bonds. The molecule has 1 aromatic rings. The zero-order chi connectivity index (χ0) is 9.35. The number of aromatic nitrogens is 1. The fourth-order valence-corrected chi connectivity index (χ4v) is 1.06. The molecule has 0 aliphatic carbocycles. The highest BCUT2D eigenvalue weighted by atomic mass is 16.5. The summed E-state index contributed by atoms with van der Waals surface area (Å²) < 4.78 is 0.812. The van der Waals surface area contributed by atoms with E-state index in [9.17, 15) is 5.21 Å². The fourth-order valence-electron chi connectivity index (χ4n) is 1.06. The molecule has 0 saturated carbocycles. The van der Waals surface area contributed by atoms with Gasteiger partial charge in [-0.1, -0.05) is 0 Å². The number of hydrogen-bond acceptors (Lipinski definition) is 2. The highest BCUT2D eigenvalue weighted by Crippen LogP contribution is 2.12. The average molecular weight is 166 g/mol. The van der Waals surface area contributed by atoms with Crippen molar-refractivity contribution in [2.75, 3.05) is 0 Å². The summed E-state index contributed by atoms with van der Waals surface area (Å²) in [5.41, 5.74) is 6.88. The van der Waals surface area contributed by atoms with Crippen molar-refractivity contribution in [3.63, 3.8) is 0 Å². The Hall–Kier alpha value is -1.09. The van der Waals surface area contributed by atoms with E-state index in [1.807, 2.05) is 26.8 Å². The van der Waals surface area contributed by atoms with Gasteiger partial charge in [0, 0.05) is 12.1 Å². The van der Waals surface area contributed by atoms with Crippen molar-refractivity contribution < 1.29 is 4.73 Å². The van der Waals surface area contributed by atoms with Crippen molar-refractivity contribution >= 4 is 0 Å².